The minimum absolute atomic E-state index is 0.167. The molecule has 0 bridgehead atoms. The van der Waals surface area contributed by atoms with E-state index in [9.17, 15) is 4.39 Å². The Bertz CT molecular complexity index is 173. The van der Waals surface area contributed by atoms with E-state index in [1.54, 1.807) is 6.92 Å². The van der Waals surface area contributed by atoms with Gasteiger partial charge in [-0.15, -0.1) is 0 Å². The van der Waals surface area contributed by atoms with E-state index in [-0.39, 0.29) is 5.82 Å². The van der Waals surface area contributed by atoms with E-state index in [1.807, 2.05) is 0 Å². The predicted molar refractivity (Wildman–Crippen MR) is 31.1 cm³/mol. The molecule has 1 aromatic heterocycles. The number of aromatic nitrogens is 2. The molecule has 0 aliphatic rings. The van der Waals surface area contributed by atoms with Crippen LogP contribution in [0.5, 0.6) is 0 Å². The molecule has 0 aliphatic carbocycles. The standard InChI is InChI=1S/C5H6FN3/c1-3-2-4(7)9-5(6)8-3/h2H,1H3,(H2,7,8,9). The fourth-order valence-electron chi connectivity index (χ4n) is 0.556. The molecule has 0 fully saturated rings. The maximum atomic E-state index is 12.1. The minimum atomic E-state index is -0.771. The van der Waals surface area contributed by atoms with E-state index in [0.29, 0.717) is 5.69 Å². The number of aryl methyl sites for hydroxylation is 1. The number of hydrogen-bond acceptors (Lipinski definition) is 3. The van der Waals surface area contributed by atoms with Crippen molar-refractivity contribution in [3.8, 4) is 0 Å². The molecule has 0 aliphatic heterocycles. The summed E-state index contributed by atoms with van der Waals surface area (Å²) in [5.74, 6) is 0.167. The highest BCUT2D eigenvalue weighted by molar-refractivity contribution is 5.27. The first kappa shape index (κ1) is 5.94. The Balaban J connectivity index is 3.17. The number of nitrogens with two attached hydrogens (primary N) is 1. The zero-order valence-electron chi connectivity index (χ0n) is 4.93. The van der Waals surface area contributed by atoms with Crippen molar-refractivity contribution >= 4 is 5.82 Å². The first-order valence-electron chi connectivity index (χ1n) is 2.45. The van der Waals surface area contributed by atoms with Crippen molar-refractivity contribution in [1.82, 2.24) is 9.97 Å². The monoisotopic (exact) mass is 127 g/mol. The Morgan fingerprint density at radius 1 is 1.56 bits per heavy atom. The first-order chi connectivity index (χ1) is 4.18. The van der Waals surface area contributed by atoms with Crippen LogP contribution < -0.4 is 5.73 Å². The lowest BCUT2D eigenvalue weighted by Crippen LogP contribution is -1.97. The average molecular weight is 127 g/mol. The zero-order chi connectivity index (χ0) is 6.85. The SMILES string of the molecule is Cc1cc(N)nc(F)n1. The van der Waals surface area contributed by atoms with Gasteiger partial charge in [-0.2, -0.15) is 9.37 Å². The van der Waals surface area contributed by atoms with Crippen molar-refractivity contribution in [3.05, 3.63) is 17.8 Å². The lowest BCUT2D eigenvalue weighted by Gasteiger charge is -1.92. The van der Waals surface area contributed by atoms with E-state index < -0.39 is 6.08 Å². The maximum absolute atomic E-state index is 12.1. The number of hydrogen-bond donors (Lipinski definition) is 1. The van der Waals surface area contributed by atoms with Crippen molar-refractivity contribution in [2.75, 3.05) is 5.73 Å². The van der Waals surface area contributed by atoms with Gasteiger partial charge in [0.1, 0.15) is 5.82 Å². The van der Waals surface area contributed by atoms with Gasteiger partial charge in [0.15, 0.2) is 0 Å². The number of nitrogen functional groups attached to an aromatic ring is 1. The van der Waals surface area contributed by atoms with Crippen molar-refractivity contribution in [3.63, 3.8) is 0 Å². The van der Waals surface area contributed by atoms with Crippen LogP contribution in [-0.4, -0.2) is 9.97 Å². The molecule has 2 N–H and O–H groups in total. The molecule has 48 valence electrons. The fraction of sp³-hybridized carbons (Fsp3) is 0.200. The molecule has 0 unspecified atom stereocenters. The summed E-state index contributed by atoms with van der Waals surface area (Å²) in [6, 6.07) is 1.50. The van der Waals surface area contributed by atoms with Crippen LogP contribution in [0.2, 0.25) is 0 Å². The molecular formula is C5H6FN3. The van der Waals surface area contributed by atoms with Crippen LogP contribution in [0, 0.1) is 13.0 Å². The number of anilines is 1. The summed E-state index contributed by atoms with van der Waals surface area (Å²) in [6.07, 6.45) is -0.771. The zero-order valence-corrected chi connectivity index (χ0v) is 4.93. The third-order valence-electron chi connectivity index (χ3n) is 0.847. The molecule has 4 heteroatoms. The van der Waals surface area contributed by atoms with Crippen LogP contribution in [0.15, 0.2) is 6.07 Å². The van der Waals surface area contributed by atoms with Gasteiger partial charge in [0.2, 0.25) is 0 Å². The smallest absolute Gasteiger partial charge is 0.310 e. The van der Waals surface area contributed by atoms with Crippen molar-refractivity contribution < 1.29 is 4.39 Å². The van der Waals surface area contributed by atoms with Gasteiger partial charge in [0.25, 0.3) is 0 Å². The fourth-order valence-corrected chi connectivity index (χ4v) is 0.556. The van der Waals surface area contributed by atoms with Crippen LogP contribution in [0.1, 0.15) is 5.69 Å². The molecule has 0 atom stereocenters. The minimum Gasteiger partial charge on any atom is -0.384 e. The summed E-state index contributed by atoms with van der Waals surface area (Å²) >= 11 is 0. The molecular weight excluding hydrogens is 121 g/mol. The van der Waals surface area contributed by atoms with Crippen LogP contribution >= 0.6 is 0 Å². The number of nitrogens with zero attached hydrogens (tertiary/aromatic N) is 2. The summed E-state index contributed by atoms with van der Waals surface area (Å²) in [4.78, 5) is 6.61. The van der Waals surface area contributed by atoms with Crippen molar-refractivity contribution in [2.24, 2.45) is 0 Å². The molecule has 1 heterocycles. The average Bonchev–Trinajstić information content (AvgIpc) is 1.59. The third kappa shape index (κ3) is 1.35. The highest BCUT2D eigenvalue weighted by atomic mass is 19.1. The van der Waals surface area contributed by atoms with Crippen molar-refractivity contribution in [2.45, 2.75) is 6.92 Å². The lowest BCUT2D eigenvalue weighted by molar-refractivity contribution is 0.537. The van der Waals surface area contributed by atoms with Gasteiger partial charge < -0.3 is 5.73 Å². The largest absolute Gasteiger partial charge is 0.384 e. The molecule has 0 saturated heterocycles. The second kappa shape index (κ2) is 1.97. The normalized spacial score (nSPS) is 9.56. The van der Waals surface area contributed by atoms with Gasteiger partial charge in [0.05, 0.1) is 0 Å². The van der Waals surface area contributed by atoms with E-state index in [1.165, 1.54) is 6.07 Å². The summed E-state index contributed by atoms with van der Waals surface area (Å²) in [6.45, 7) is 1.65. The molecule has 0 aromatic carbocycles. The Hall–Kier alpha value is -1.19. The Morgan fingerprint density at radius 3 is 2.67 bits per heavy atom. The Labute approximate surface area is 51.7 Å². The number of halogens is 1. The maximum Gasteiger partial charge on any atom is 0.310 e. The lowest BCUT2D eigenvalue weighted by atomic mass is 10.4. The quantitative estimate of drug-likeness (QED) is 0.516. The first-order valence-corrected chi connectivity index (χ1v) is 2.45. The van der Waals surface area contributed by atoms with E-state index in [2.05, 4.69) is 9.97 Å². The summed E-state index contributed by atoms with van der Waals surface area (Å²) in [5.41, 5.74) is 5.71. The molecule has 0 spiro atoms. The predicted octanol–water partition coefficient (Wildman–Crippen LogP) is 0.506. The van der Waals surface area contributed by atoms with Crippen LogP contribution in [0.25, 0.3) is 0 Å². The molecule has 3 nitrogen and oxygen atoms in total. The molecule has 9 heavy (non-hydrogen) atoms. The molecule has 0 saturated carbocycles. The van der Waals surface area contributed by atoms with Gasteiger partial charge in [-0.25, -0.2) is 4.98 Å². The second-order valence-electron chi connectivity index (χ2n) is 1.70. The van der Waals surface area contributed by atoms with Gasteiger partial charge in [0, 0.05) is 11.8 Å². The highest BCUT2D eigenvalue weighted by Gasteiger charge is 1.94. The Kier molecular flexibility index (Phi) is 1.30. The van der Waals surface area contributed by atoms with Crippen LogP contribution in [0.4, 0.5) is 10.2 Å². The van der Waals surface area contributed by atoms with E-state index in [4.69, 9.17) is 5.73 Å². The van der Waals surface area contributed by atoms with E-state index in [0.717, 1.165) is 0 Å². The molecule has 1 aromatic rings. The summed E-state index contributed by atoms with van der Waals surface area (Å²) in [7, 11) is 0. The number of rotatable bonds is 0. The summed E-state index contributed by atoms with van der Waals surface area (Å²) in [5, 5.41) is 0. The van der Waals surface area contributed by atoms with Gasteiger partial charge in [-0.05, 0) is 6.92 Å². The highest BCUT2D eigenvalue weighted by Crippen LogP contribution is 1.98. The molecule has 0 amide bonds. The van der Waals surface area contributed by atoms with Gasteiger partial charge in [-0.1, -0.05) is 0 Å². The van der Waals surface area contributed by atoms with Crippen molar-refractivity contribution in [1.29, 1.82) is 0 Å². The molecule has 0 radical (unpaired) electrons. The second-order valence-corrected chi connectivity index (χ2v) is 1.70. The summed E-state index contributed by atoms with van der Waals surface area (Å²) < 4.78 is 12.1. The third-order valence-corrected chi connectivity index (χ3v) is 0.847. The van der Waals surface area contributed by atoms with Gasteiger partial charge >= 0.3 is 6.08 Å². The van der Waals surface area contributed by atoms with Gasteiger partial charge in [-0.3, -0.25) is 0 Å². The molecule has 1 rings (SSSR count). The van der Waals surface area contributed by atoms with Crippen LogP contribution in [-0.2, 0) is 0 Å². The van der Waals surface area contributed by atoms with Crippen LogP contribution in [0.3, 0.4) is 0 Å². The van der Waals surface area contributed by atoms with E-state index >= 15 is 0 Å². The Morgan fingerprint density at radius 2 is 2.22 bits per heavy atom. The topological polar surface area (TPSA) is 51.8 Å².